The summed E-state index contributed by atoms with van der Waals surface area (Å²) in [5, 5.41) is 3.11. The normalized spacial score (nSPS) is 11.9. The van der Waals surface area contributed by atoms with E-state index in [-0.39, 0.29) is 11.2 Å². The van der Waals surface area contributed by atoms with Gasteiger partial charge in [0.15, 0.2) is 0 Å². The number of thioether (sulfide) groups is 1. The number of hydrogen-bond donors (Lipinski definition) is 2. The average molecular weight is 307 g/mol. The van der Waals surface area contributed by atoms with Gasteiger partial charge in [0.2, 0.25) is 5.91 Å². The first-order valence-corrected chi connectivity index (χ1v) is 7.39. The largest absolute Gasteiger partial charge is 0.399 e. The van der Waals surface area contributed by atoms with Crippen LogP contribution in [-0.4, -0.2) is 11.2 Å². The molecule has 2 aromatic rings. The highest BCUT2D eigenvalue weighted by molar-refractivity contribution is 8.00. The molecule has 20 heavy (non-hydrogen) atoms. The number of carbonyl (C=O) groups excluding carboxylic acids is 1. The quantitative estimate of drug-likeness (QED) is 0.662. The van der Waals surface area contributed by atoms with Crippen LogP contribution in [0.4, 0.5) is 11.4 Å². The van der Waals surface area contributed by atoms with E-state index >= 15 is 0 Å². The Balaban J connectivity index is 2.01. The summed E-state index contributed by atoms with van der Waals surface area (Å²) >= 11 is 7.47. The summed E-state index contributed by atoms with van der Waals surface area (Å²) in [5.41, 5.74) is 7.04. The lowest BCUT2D eigenvalue weighted by Crippen LogP contribution is -2.22. The van der Waals surface area contributed by atoms with Gasteiger partial charge >= 0.3 is 0 Å². The molecular weight excluding hydrogens is 292 g/mol. The summed E-state index contributed by atoms with van der Waals surface area (Å²) in [6, 6.07) is 14.6. The molecule has 0 saturated carbocycles. The fourth-order valence-electron chi connectivity index (χ4n) is 1.64. The van der Waals surface area contributed by atoms with Gasteiger partial charge < -0.3 is 11.1 Å². The zero-order valence-corrected chi connectivity index (χ0v) is 12.5. The van der Waals surface area contributed by atoms with Crippen molar-refractivity contribution < 1.29 is 4.79 Å². The first-order chi connectivity index (χ1) is 9.56. The third kappa shape index (κ3) is 3.92. The highest BCUT2D eigenvalue weighted by Crippen LogP contribution is 2.27. The molecule has 1 amide bonds. The Kier molecular flexibility index (Phi) is 4.93. The predicted octanol–water partition coefficient (Wildman–Crippen LogP) is 4.04. The van der Waals surface area contributed by atoms with Crippen LogP contribution in [0.3, 0.4) is 0 Å². The molecule has 2 aromatic carbocycles. The molecule has 104 valence electrons. The molecule has 0 fully saturated rings. The number of hydrogen-bond acceptors (Lipinski definition) is 3. The molecule has 0 aliphatic carbocycles. The highest BCUT2D eigenvalue weighted by atomic mass is 35.5. The number of rotatable bonds is 4. The minimum absolute atomic E-state index is 0.0921. The van der Waals surface area contributed by atoms with Crippen molar-refractivity contribution in [1.29, 1.82) is 0 Å². The summed E-state index contributed by atoms with van der Waals surface area (Å²) in [5.74, 6) is -0.0921. The summed E-state index contributed by atoms with van der Waals surface area (Å²) in [6.45, 7) is 1.85. The molecule has 0 aliphatic rings. The zero-order valence-electron chi connectivity index (χ0n) is 11.0. The molecule has 0 spiro atoms. The van der Waals surface area contributed by atoms with Crippen molar-refractivity contribution in [2.24, 2.45) is 0 Å². The van der Waals surface area contributed by atoms with E-state index in [4.69, 9.17) is 17.3 Å². The summed E-state index contributed by atoms with van der Waals surface area (Å²) in [7, 11) is 0. The fourth-order valence-corrected chi connectivity index (χ4v) is 2.76. The van der Waals surface area contributed by atoms with Crippen LogP contribution in [0, 0.1) is 0 Å². The van der Waals surface area contributed by atoms with E-state index in [0.29, 0.717) is 16.4 Å². The molecule has 2 rings (SSSR count). The molecule has 1 unspecified atom stereocenters. The van der Waals surface area contributed by atoms with Crippen molar-refractivity contribution in [3.05, 3.63) is 53.6 Å². The van der Waals surface area contributed by atoms with Crippen LogP contribution in [0.15, 0.2) is 53.4 Å². The Hall–Kier alpha value is -1.65. The third-order valence-corrected chi connectivity index (χ3v) is 4.10. The van der Waals surface area contributed by atoms with Gasteiger partial charge in [-0.05, 0) is 37.3 Å². The van der Waals surface area contributed by atoms with Crippen molar-refractivity contribution in [2.45, 2.75) is 17.1 Å². The van der Waals surface area contributed by atoms with Gasteiger partial charge in [-0.25, -0.2) is 0 Å². The minimum atomic E-state index is -0.243. The van der Waals surface area contributed by atoms with Gasteiger partial charge in [-0.3, -0.25) is 4.79 Å². The highest BCUT2D eigenvalue weighted by Gasteiger charge is 2.15. The molecule has 0 bridgehead atoms. The lowest BCUT2D eigenvalue weighted by atomic mass is 10.3. The van der Waals surface area contributed by atoms with Crippen LogP contribution < -0.4 is 11.1 Å². The summed E-state index contributed by atoms with van der Waals surface area (Å²) in [6.07, 6.45) is 0. The SMILES string of the molecule is CC(Sc1cccc(N)c1)C(=O)Nc1ccccc1Cl. The van der Waals surface area contributed by atoms with Gasteiger partial charge in [-0.15, -0.1) is 11.8 Å². The topological polar surface area (TPSA) is 55.1 Å². The maximum Gasteiger partial charge on any atom is 0.237 e. The van der Waals surface area contributed by atoms with Crippen LogP contribution in [0.25, 0.3) is 0 Å². The lowest BCUT2D eigenvalue weighted by Gasteiger charge is -2.13. The molecule has 3 N–H and O–H groups in total. The fraction of sp³-hybridized carbons (Fsp3) is 0.133. The number of benzene rings is 2. The van der Waals surface area contributed by atoms with Crippen molar-refractivity contribution in [3.8, 4) is 0 Å². The third-order valence-electron chi connectivity index (χ3n) is 2.67. The number of nitrogens with one attached hydrogen (secondary N) is 1. The standard InChI is InChI=1S/C15H15ClN2OS/c1-10(20-12-6-4-5-11(17)9-12)15(19)18-14-8-3-2-7-13(14)16/h2-10H,17H2,1H3,(H,18,19). The van der Waals surface area contributed by atoms with Gasteiger partial charge in [0.05, 0.1) is 16.0 Å². The first kappa shape index (κ1) is 14.8. The maximum atomic E-state index is 12.1. The Labute approximate surface area is 127 Å². The average Bonchev–Trinajstić information content (AvgIpc) is 2.41. The number of nitrogen functional groups attached to an aromatic ring is 1. The molecule has 0 aliphatic heterocycles. The van der Waals surface area contributed by atoms with Crippen LogP contribution in [0.5, 0.6) is 0 Å². The van der Waals surface area contributed by atoms with E-state index in [0.717, 1.165) is 4.90 Å². The lowest BCUT2D eigenvalue weighted by molar-refractivity contribution is -0.115. The van der Waals surface area contributed by atoms with Gasteiger partial charge in [0.1, 0.15) is 0 Å². The molecule has 0 aromatic heterocycles. The van der Waals surface area contributed by atoms with Crippen molar-refractivity contribution in [3.63, 3.8) is 0 Å². The number of nitrogens with two attached hydrogens (primary N) is 1. The smallest absolute Gasteiger partial charge is 0.237 e. The molecule has 0 saturated heterocycles. The summed E-state index contributed by atoms with van der Waals surface area (Å²) in [4.78, 5) is 13.1. The number of para-hydroxylation sites is 1. The van der Waals surface area contributed by atoms with Crippen LogP contribution >= 0.6 is 23.4 Å². The molecule has 3 nitrogen and oxygen atoms in total. The van der Waals surface area contributed by atoms with Crippen LogP contribution in [0.1, 0.15) is 6.92 Å². The van der Waals surface area contributed by atoms with E-state index in [1.165, 1.54) is 11.8 Å². The zero-order chi connectivity index (χ0) is 14.5. The number of anilines is 2. The number of carbonyl (C=O) groups is 1. The van der Waals surface area contributed by atoms with Gasteiger partial charge in [-0.2, -0.15) is 0 Å². The van der Waals surface area contributed by atoms with Crippen LogP contribution in [0.2, 0.25) is 5.02 Å². The Morgan fingerprint density at radius 3 is 2.70 bits per heavy atom. The van der Waals surface area contributed by atoms with E-state index in [9.17, 15) is 4.79 Å². The molecule has 1 atom stereocenters. The van der Waals surface area contributed by atoms with Crippen molar-refractivity contribution >= 4 is 40.6 Å². The summed E-state index contributed by atoms with van der Waals surface area (Å²) < 4.78 is 0. The maximum absolute atomic E-state index is 12.1. The molecule has 5 heteroatoms. The second kappa shape index (κ2) is 6.68. The molecule has 0 heterocycles. The van der Waals surface area contributed by atoms with E-state index in [2.05, 4.69) is 5.32 Å². The number of halogens is 1. The first-order valence-electron chi connectivity index (χ1n) is 6.14. The van der Waals surface area contributed by atoms with Crippen LogP contribution in [-0.2, 0) is 4.79 Å². The van der Waals surface area contributed by atoms with Crippen molar-refractivity contribution in [2.75, 3.05) is 11.1 Å². The molecule has 0 radical (unpaired) electrons. The second-order valence-corrected chi connectivity index (χ2v) is 6.12. The Bertz CT molecular complexity index is 618. The van der Waals surface area contributed by atoms with Gasteiger partial charge in [-0.1, -0.05) is 29.8 Å². The monoisotopic (exact) mass is 306 g/mol. The predicted molar refractivity (Wildman–Crippen MR) is 86.3 cm³/mol. The van der Waals surface area contributed by atoms with E-state index in [1.807, 2.05) is 43.3 Å². The van der Waals surface area contributed by atoms with E-state index in [1.54, 1.807) is 12.1 Å². The van der Waals surface area contributed by atoms with Gasteiger partial charge in [0.25, 0.3) is 0 Å². The number of amides is 1. The Morgan fingerprint density at radius 1 is 1.25 bits per heavy atom. The van der Waals surface area contributed by atoms with Gasteiger partial charge in [0, 0.05) is 10.6 Å². The Morgan fingerprint density at radius 2 is 2.00 bits per heavy atom. The molecular formula is C15H15ClN2OS. The minimum Gasteiger partial charge on any atom is -0.399 e. The second-order valence-electron chi connectivity index (χ2n) is 4.30. The van der Waals surface area contributed by atoms with Crippen molar-refractivity contribution in [1.82, 2.24) is 0 Å². The van der Waals surface area contributed by atoms with E-state index < -0.39 is 0 Å².